The van der Waals surface area contributed by atoms with Crippen LogP contribution in [0.1, 0.15) is 17.6 Å². The SMILES string of the molecule is COc1c(C(F)F)cccc1C(F)(F)F. The molecule has 0 aliphatic rings. The number of methoxy groups -OCH3 is 1. The quantitative estimate of drug-likeness (QED) is 0.699. The Labute approximate surface area is 82.5 Å². The van der Waals surface area contributed by atoms with Crippen LogP contribution in [0, 0.1) is 0 Å². The van der Waals surface area contributed by atoms with E-state index in [0.29, 0.717) is 6.07 Å². The summed E-state index contributed by atoms with van der Waals surface area (Å²) in [5.41, 5.74) is -1.95. The highest BCUT2D eigenvalue weighted by Crippen LogP contribution is 2.40. The molecule has 15 heavy (non-hydrogen) atoms. The van der Waals surface area contributed by atoms with Gasteiger partial charge in [-0.1, -0.05) is 6.07 Å². The molecule has 0 amide bonds. The number of hydrogen-bond donors (Lipinski definition) is 0. The molecule has 1 rings (SSSR count). The fraction of sp³-hybridized carbons (Fsp3) is 0.333. The molecule has 0 saturated carbocycles. The first-order chi connectivity index (χ1) is 6.88. The lowest BCUT2D eigenvalue weighted by Crippen LogP contribution is -2.09. The molecule has 0 aliphatic carbocycles. The summed E-state index contributed by atoms with van der Waals surface area (Å²) in [5.74, 6) is -0.819. The zero-order chi connectivity index (χ0) is 11.6. The van der Waals surface area contributed by atoms with E-state index in [9.17, 15) is 22.0 Å². The topological polar surface area (TPSA) is 9.23 Å². The number of benzene rings is 1. The number of rotatable bonds is 2. The summed E-state index contributed by atoms with van der Waals surface area (Å²) in [7, 11) is 0.927. The van der Waals surface area contributed by atoms with Gasteiger partial charge in [-0.3, -0.25) is 0 Å². The molecule has 1 aromatic carbocycles. The number of halogens is 5. The highest BCUT2D eigenvalue weighted by atomic mass is 19.4. The van der Waals surface area contributed by atoms with E-state index in [1.165, 1.54) is 0 Å². The van der Waals surface area contributed by atoms with Gasteiger partial charge in [-0.2, -0.15) is 13.2 Å². The smallest absolute Gasteiger partial charge is 0.419 e. The third-order valence-electron chi connectivity index (χ3n) is 1.79. The predicted octanol–water partition coefficient (Wildman–Crippen LogP) is 3.65. The number of hydrogen-bond acceptors (Lipinski definition) is 1. The molecule has 0 heterocycles. The average Bonchev–Trinajstić information content (AvgIpc) is 2.15. The maximum absolute atomic E-state index is 12.4. The van der Waals surface area contributed by atoms with Gasteiger partial charge >= 0.3 is 6.18 Å². The van der Waals surface area contributed by atoms with Crippen molar-refractivity contribution < 1.29 is 26.7 Å². The molecule has 0 saturated heterocycles. The lowest BCUT2D eigenvalue weighted by atomic mass is 10.1. The largest absolute Gasteiger partial charge is 0.496 e. The summed E-state index contributed by atoms with van der Waals surface area (Å²) in [5, 5.41) is 0. The summed E-state index contributed by atoms with van der Waals surface area (Å²) < 4.78 is 66.1. The van der Waals surface area contributed by atoms with Gasteiger partial charge < -0.3 is 4.74 Å². The second-order valence-corrected chi connectivity index (χ2v) is 2.73. The minimum atomic E-state index is -4.70. The average molecular weight is 226 g/mol. The van der Waals surface area contributed by atoms with Crippen LogP contribution in [0.3, 0.4) is 0 Å². The van der Waals surface area contributed by atoms with E-state index in [4.69, 9.17) is 0 Å². The van der Waals surface area contributed by atoms with Crippen LogP contribution < -0.4 is 4.74 Å². The van der Waals surface area contributed by atoms with Gasteiger partial charge in [0, 0.05) is 0 Å². The van der Waals surface area contributed by atoms with Crippen LogP contribution in [-0.4, -0.2) is 7.11 Å². The van der Waals surface area contributed by atoms with Gasteiger partial charge in [0.1, 0.15) is 5.75 Å². The maximum Gasteiger partial charge on any atom is 0.419 e. The zero-order valence-corrected chi connectivity index (χ0v) is 7.61. The summed E-state index contributed by atoms with van der Waals surface area (Å²) in [4.78, 5) is 0. The summed E-state index contributed by atoms with van der Waals surface area (Å²) in [6.45, 7) is 0. The molecule has 1 aromatic rings. The fourth-order valence-electron chi connectivity index (χ4n) is 1.18. The Morgan fingerprint density at radius 3 is 2.20 bits per heavy atom. The first-order valence-corrected chi connectivity index (χ1v) is 3.90. The standard InChI is InChI=1S/C9H7F5O/c1-15-7-5(8(10)11)3-2-4-6(7)9(12,13)14/h2-4,8H,1H3. The van der Waals surface area contributed by atoms with Gasteiger partial charge in [0.25, 0.3) is 6.43 Å². The highest BCUT2D eigenvalue weighted by molar-refractivity contribution is 5.43. The van der Waals surface area contributed by atoms with Crippen molar-refractivity contribution in [2.24, 2.45) is 0 Å². The Morgan fingerprint density at radius 2 is 1.80 bits per heavy atom. The lowest BCUT2D eigenvalue weighted by molar-refractivity contribution is -0.138. The van der Waals surface area contributed by atoms with Crippen LogP contribution in [0.4, 0.5) is 22.0 Å². The Hall–Kier alpha value is -1.33. The van der Waals surface area contributed by atoms with E-state index >= 15 is 0 Å². The second kappa shape index (κ2) is 4.04. The summed E-state index contributed by atoms with van der Waals surface area (Å²) >= 11 is 0. The van der Waals surface area contributed by atoms with Crippen molar-refractivity contribution in [3.05, 3.63) is 29.3 Å². The molecule has 84 valence electrons. The Morgan fingerprint density at radius 1 is 1.20 bits per heavy atom. The van der Waals surface area contributed by atoms with Crippen LogP contribution in [0.2, 0.25) is 0 Å². The van der Waals surface area contributed by atoms with Crippen LogP contribution in [-0.2, 0) is 6.18 Å². The molecule has 0 N–H and O–H groups in total. The molecule has 0 spiro atoms. The van der Waals surface area contributed by atoms with E-state index in [0.717, 1.165) is 19.2 Å². The van der Waals surface area contributed by atoms with E-state index in [1.54, 1.807) is 0 Å². The molecule has 1 nitrogen and oxygen atoms in total. The van der Waals surface area contributed by atoms with E-state index in [-0.39, 0.29) is 0 Å². The normalized spacial score (nSPS) is 11.9. The second-order valence-electron chi connectivity index (χ2n) is 2.73. The molecule has 0 bridgehead atoms. The third-order valence-corrected chi connectivity index (χ3v) is 1.79. The number of alkyl halides is 5. The molecular formula is C9H7F5O. The van der Waals surface area contributed by atoms with Gasteiger partial charge in [-0.25, -0.2) is 8.78 Å². The van der Waals surface area contributed by atoms with Crippen molar-refractivity contribution in [3.63, 3.8) is 0 Å². The van der Waals surface area contributed by atoms with Gasteiger partial charge in [0.15, 0.2) is 0 Å². The molecule has 6 heteroatoms. The van der Waals surface area contributed by atoms with Crippen LogP contribution in [0.5, 0.6) is 5.75 Å². The Bertz CT molecular complexity index is 345. The van der Waals surface area contributed by atoms with Crippen LogP contribution in [0.15, 0.2) is 18.2 Å². The summed E-state index contributed by atoms with van der Waals surface area (Å²) in [6.07, 6.45) is -7.70. The van der Waals surface area contributed by atoms with E-state index in [2.05, 4.69) is 4.74 Å². The minimum Gasteiger partial charge on any atom is -0.496 e. The molecule has 0 fully saturated rings. The highest BCUT2D eigenvalue weighted by Gasteiger charge is 2.36. The van der Waals surface area contributed by atoms with Crippen molar-refractivity contribution in [1.82, 2.24) is 0 Å². The van der Waals surface area contributed by atoms with Crippen molar-refractivity contribution in [2.45, 2.75) is 12.6 Å². The Kier molecular flexibility index (Phi) is 3.16. The van der Waals surface area contributed by atoms with Crippen molar-refractivity contribution >= 4 is 0 Å². The molecule has 0 aliphatic heterocycles. The van der Waals surface area contributed by atoms with Crippen LogP contribution >= 0.6 is 0 Å². The summed E-state index contributed by atoms with van der Waals surface area (Å²) in [6, 6.07) is 2.52. The maximum atomic E-state index is 12.4. The van der Waals surface area contributed by atoms with Gasteiger partial charge in [0.2, 0.25) is 0 Å². The van der Waals surface area contributed by atoms with Crippen molar-refractivity contribution in [2.75, 3.05) is 7.11 Å². The minimum absolute atomic E-state index is 0.699. The van der Waals surface area contributed by atoms with Gasteiger partial charge in [-0.15, -0.1) is 0 Å². The molecular weight excluding hydrogens is 219 g/mol. The first kappa shape index (κ1) is 11.7. The lowest BCUT2D eigenvalue weighted by Gasteiger charge is -2.14. The Balaban J connectivity index is 3.35. The fourth-order valence-corrected chi connectivity index (χ4v) is 1.18. The monoisotopic (exact) mass is 226 g/mol. The van der Waals surface area contributed by atoms with Crippen LogP contribution in [0.25, 0.3) is 0 Å². The predicted molar refractivity (Wildman–Crippen MR) is 43.0 cm³/mol. The van der Waals surface area contributed by atoms with E-state index < -0.39 is 29.5 Å². The van der Waals surface area contributed by atoms with Crippen molar-refractivity contribution in [3.8, 4) is 5.75 Å². The first-order valence-electron chi connectivity index (χ1n) is 3.90. The molecule has 0 radical (unpaired) electrons. The molecule has 0 atom stereocenters. The van der Waals surface area contributed by atoms with Gasteiger partial charge in [0.05, 0.1) is 18.2 Å². The number of para-hydroxylation sites is 1. The van der Waals surface area contributed by atoms with E-state index in [1.807, 2.05) is 0 Å². The molecule has 0 aromatic heterocycles. The number of ether oxygens (including phenoxy) is 1. The zero-order valence-electron chi connectivity index (χ0n) is 7.61. The van der Waals surface area contributed by atoms with Crippen molar-refractivity contribution in [1.29, 1.82) is 0 Å². The van der Waals surface area contributed by atoms with Gasteiger partial charge in [-0.05, 0) is 12.1 Å². The molecule has 0 unspecified atom stereocenters. The third kappa shape index (κ3) is 2.37.